The molecule has 3 atom stereocenters. The van der Waals surface area contributed by atoms with E-state index >= 15 is 0 Å². The molecule has 106 valence electrons. The average molecular weight is 267 g/mol. The van der Waals surface area contributed by atoms with E-state index in [0.717, 1.165) is 0 Å². The Bertz CT molecular complexity index is 446. The molecule has 3 rings (SSSR count). The minimum absolute atomic E-state index is 0.0374. The summed E-state index contributed by atoms with van der Waals surface area (Å²) in [6, 6.07) is -0.104. The summed E-state index contributed by atoms with van der Waals surface area (Å²) in [6.45, 7) is 5.71. The molecule has 3 unspecified atom stereocenters. The van der Waals surface area contributed by atoms with Crippen LogP contribution in [0.2, 0.25) is 0 Å². The van der Waals surface area contributed by atoms with Gasteiger partial charge in [-0.15, -0.1) is 0 Å². The second kappa shape index (κ2) is 4.85. The van der Waals surface area contributed by atoms with Gasteiger partial charge in [-0.05, 0) is 32.6 Å². The van der Waals surface area contributed by atoms with Crippen LogP contribution in [0.3, 0.4) is 0 Å². The summed E-state index contributed by atoms with van der Waals surface area (Å²) < 4.78 is 16.6. The standard InChI is InChI=1S/C13H21N3O3/c1-3-18-10(8-4-5-8)11-15-12(19-16-11)13(2)7-17-6-9(13)14/h8-10H,3-7,14H2,1-2H3. The third kappa shape index (κ3) is 2.28. The van der Waals surface area contributed by atoms with Gasteiger partial charge in [0.05, 0.1) is 18.6 Å². The van der Waals surface area contributed by atoms with Crippen LogP contribution in [0.1, 0.15) is 44.5 Å². The molecule has 2 aliphatic rings. The average Bonchev–Trinajstić information content (AvgIpc) is 3.01. The molecule has 6 heteroatoms. The van der Waals surface area contributed by atoms with E-state index in [0.29, 0.717) is 37.5 Å². The fourth-order valence-corrected chi connectivity index (χ4v) is 2.49. The van der Waals surface area contributed by atoms with Gasteiger partial charge in [0.15, 0.2) is 0 Å². The van der Waals surface area contributed by atoms with Crippen molar-refractivity contribution in [2.75, 3.05) is 19.8 Å². The van der Waals surface area contributed by atoms with Gasteiger partial charge >= 0.3 is 0 Å². The fourth-order valence-electron chi connectivity index (χ4n) is 2.49. The predicted octanol–water partition coefficient (Wildman–Crippen LogP) is 1.17. The van der Waals surface area contributed by atoms with Crippen molar-refractivity contribution in [1.29, 1.82) is 0 Å². The zero-order valence-electron chi connectivity index (χ0n) is 11.5. The second-order valence-corrected chi connectivity index (χ2v) is 5.71. The molecule has 1 saturated heterocycles. The van der Waals surface area contributed by atoms with Crippen LogP contribution in [0, 0.1) is 5.92 Å². The van der Waals surface area contributed by atoms with Gasteiger partial charge in [0, 0.05) is 12.6 Å². The zero-order valence-corrected chi connectivity index (χ0v) is 11.5. The number of aromatic nitrogens is 2. The Hall–Kier alpha value is -0.980. The molecular weight excluding hydrogens is 246 g/mol. The lowest BCUT2D eigenvalue weighted by atomic mass is 9.86. The molecule has 2 heterocycles. The molecule has 1 aromatic rings. The second-order valence-electron chi connectivity index (χ2n) is 5.71. The molecule has 2 N–H and O–H groups in total. The molecule has 0 amide bonds. The van der Waals surface area contributed by atoms with Gasteiger partial charge in [0.1, 0.15) is 6.10 Å². The summed E-state index contributed by atoms with van der Waals surface area (Å²) in [4.78, 5) is 4.53. The van der Waals surface area contributed by atoms with Crippen LogP contribution in [0.4, 0.5) is 0 Å². The van der Waals surface area contributed by atoms with E-state index in [-0.39, 0.29) is 17.6 Å². The van der Waals surface area contributed by atoms with Crippen LogP contribution >= 0.6 is 0 Å². The van der Waals surface area contributed by atoms with Gasteiger partial charge in [-0.2, -0.15) is 4.98 Å². The number of nitrogens with zero attached hydrogens (tertiary/aromatic N) is 2. The lowest BCUT2D eigenvalue weighted by molar-refractivity contribution is 0.0384. The fraction of sp³-hybridized carbons (Fsp3) is 0.846. The molecule has 1 saturated carbocycles. The smallest absolute Gasteiger partial charge is 0.236 e. The molecule has 19 heavy (non-hydrogen) atoms. The topological polar surface area (TPSA) is 83.4 Å². The van der Waals surface area contributed by atoms with Crippen LogP contribution in [0.25, 0.3) is 0 Å². The Morgan fingerprint density at radius 2 is 2.32 bits per heavy atom. The molecule has 0 radical (unpaired) electrons. The van der Waals surface area contributed by atoms with Crippen molar-refractivity contribution < 1.29 is 14.0 Å². The Morgan fingerprint density at radius 3 is 2.89 bits per heavy atom. The number of nitrogens with two attached hydrogens (primary N) is 1. The molecule has 1 aliphatic heterocycles. The molecular formula is C13H21N3O3. The monoisotopic (exact) mass is 267 g/mol. The maximum absolute atomic E-state index is 6.08. The number of hydrogen-bond acceptors (Lipinski definition) is 6. The van der Waals surface area contributed by atoms with E-state index in [1.807, 2.05) is 13.8 Å². The van der Waals surface area contributed by atoms with Crippen LogP contribution in [0.5, 0.6) is 0 Å². The van der Waals surface area contributed by atoms with Crippen LogP contribution in [0.15, 0.2) is 4.52 Å². The van der Waals surface area contributed by atoms with Crippen molar-refractivity contribution in [3.05, 3.63) is 11.7 Å². The van der Waals surface area contributed by atoms with Gasteiger partial charge in [-0.1, -0.05) is 5.16 Å². The number of ether oxygens (including phenoxy) is 2. The summed E-state index contributed by atoms with van der Waals surface area (Å²) in [5, 5.41) is 4.10. The first-order chi connectivity index (χ1) is 9.15. The maximum Gasteiger partial charge on any atom is 0.236 e. The first kappa shape index (κ1) is 13.0. The first-order valence-corrected chi connectivity index (χ1v) is 6.94. The molecule has 1 aliphatic carbocycles. The first-order valence-electron chi connectivity index (χ1n) is 6.94. The van der Waals surface area contributed by atoms with Gasteiger partial charge in [0.25, 0.3) is 0 Å². The highest BCUT2D eigenvalue weighted by Gasteiger charge is 2.45. The van der Waals surface area contributed by atoms with E-state index in [2.05, 4.69) is 10.1 Å². The van der Waals surface area contributed by atoms with Crippen molar-refractivity contribution in [3.8, 4) is 0 Å². The van der Waals surface area contributed by atoms with Gasteiger partial charge < -0.3 is 19.7 Å². The predicted molar refractivity (Wildman–Crippen MR) is 67.5 cm³/mol. The van der Waals surface area contributed by atoms with Gasteiger partial charge in [-0.3, -0.25) is 0 Å². The third-order valence-electron chi connectivity index (χ3n) is 4.10. The van der Waals surface area contributed by atoms with E-state index in [9.17, 15) is 0 Å². The van der Waals surface area contributed by atoms with Gasteiger partial charge in [-0.25, -0.2) is 0 Å². The summed E-state index contributed by atoms with van der Waals surface area (Å²) >= 11 is 0. The number of rotatable bonds is 5. The van der Waals surface area contributed by atoms with E-state index < -0.39 is 0 Å². The highest BCUT2D eigenvalue weighted by molar-refractivity contribution is 5.12. The third-order valence-corrected chi connectivity index (χ3v) is 4.10. The highest BCUT2D eigenvalue weighted by atomic mass is 16.5. The normalized spacial score (nSPS) is 32.7. The molecule has 1 aromatic heterocycles. The highest BCUT2D eigenvalue weighted by Crippen LogP contribution is 2.43. The van der Waals surface area contributed by atoms with E-state index in [4.69, 9.17) is 19.7 Å². The Morgan fingerprint density at radius 1 is 1.53 bits per heavy atom. The Labute approximate surface area is 112 Å². The largest absolute Gasteiger partial charge is 0.379 e. The minimum atomic E-state index is -0.383. The van der Waals surface area contributed by atoms with E-state index in [1.54, 1.807) is 0 Å². The van der Waals surface area contributed by atoms with Crippen molar-refractivity contribution in [3.63, 3.8) is 0 Å². The summed E-state index contributed by atoms with van der Waals surface area (Å²) in [5.41, 5.74) is 5.69. The quantitative estimate of drug-likeness (QED) is 0.862. The van der Waals surface area contributed by atoms with Crippen molar-refractivity contribution >= 4 is 0 Å². The number of hydrogen-bond donors (Lipinski definition) is 1. The molecule has 0 aromatic carbocycles. The minimum Gasteiger partial charge on any atom is -0.379 e. The molecule has 0 bridgehead atoms. The molecule has 6 nitrogen and oxygen atoms in total. The van der Waals surface area contributed by atoms with Gasteiger partial charge in [0.2, 0.25) is 11.7 Å². The Kier molecular flexibility index (Phi) is 3.32. The maximum atomic E-state index is 6.08. The summed E-state index contributed by atoms with van der Waals surface area (Å²) in [6.07, 6.45) is 2.31. The molecule has 0 spiro atoms. The lowest BCUT2D eigenvalue weighted by Gasteiger charge is -2.21. The summed E-state index contributed by atoms with van der Waals surface area (Å²) in [5.74, 6) is 1.75. The van der Waals surface area contributed by atoms with Crippen molar-refractivity contribution in [2.24, 2.45) is 11.7 Å². The molecule has 2 fully saturated rings. The summed E-state index contributed by atoms with van der Waals surface area (Å²) in [7, 11) is 0. The Balaban J connectivity index is 1.82. The lowest BCUT2D eigenvalue weighted by Crippen LogP contribution is -2.42. The van der Waals surface area contributed by atoms with Crippen LogP contribution in [-0.4, -0.2) is 36.0 Å². The zero-order chi connectivity index (χ0) is 13.5. The van der Waals surface area contributed by atoms with E-state index in [1.165, 1.54) is 12.8 Å². The van der Waals surface area contributed by atoms with Crippen molar-refractivity contribution in [1.82, 2.24) is 10.1 Å². The SMILES string of the molecule is CCOC(c1noc(C2(C)COCC2N)n1)C1CC1. The van der Waals surface area contributed by atoms with Crippen LogP contribution in [-0.2, 0) is 14.9 Å². The van der Waals surface area contributed by atoms with Crippen molar-refractivity contribution in [2.45, 2.75) is 44.2 Å². The van der Waals surface area contributed by atoms with Crippen LogP contribution < -0.4 is 5.73 Å².